The topological polar surface area (TPSA) is 26.0 Å². The van der Waals surface area contributed by atoms with Gasteiger partial charge in [0.15, 0.2) is 5.67 Å². The van der Waals surface area contributed by atoms with Gasteiger partial charge in [-0.3, -0.25) is 0 Å². The van der Waals surface area contributed by atoms with Crippen LogP contribution in [-0.4, -0.2) is 6.54 Å². The van der Waals surface area contributed by atoms with Crippen molar-refractivity contribution in [1.29, 1.82) is 0 Å². The maximum atomic E-state index is 14.3. The maximum absolute atomic E-state index is 14.3. The first-order chi connectivity index (χ1) is 6.90. The molecule has 0 heterocycles. The lowest BCUT2D eigenvalue weighted by Crippen LogP contribution is -2.35. The van der Waals surface area contributed by atoms with Gasteiger partial charge in [0, 0.05) is 12.6 Å². The molecule has 1 unspecified atom stereocenters. The van der Waals surface area contributed by atoms with Crippen molar-refractivity contribution in [2.75, 3.05) is 6.54 Å². The highest BCUT2D eigenvalue weighted by Crippen LogP contribution is 2.33. The molecule has 0 bridgehead atoms. The van der Waals surface area contributed by atoms with Gasteiger partial charge in [-0.2, -0.15) is 0 Å². The molecule has 0 aliphatic heterocycles. The summed E-state index contributed by atoms with van der Waals surface area (Å²) in [5.74, 6) is -2.02. The van der Waals surface area contributed by atoms with Crippen molar-refractivity contribution >= 4 is 0 Å². The lowest BCUT2D eigenvalue weighted by atomic mass is 9.85. The third kappa shape index (κ3) is 2.31. The van der Waals surface area contributed by atoms with Crippen molar-refractivity contribution in [3.63, 3.8) is 0 Å². The van der Waals surface area contributed by atoms with Gasteiger partial charge < -0.3 is 5.73 Å². The average Bonchev–Trinajstić information content (AvgIpc) is 2.14. The van der Waals surface area contributed by atoms with Gasteiger partial charge in [-0.05, 0) is 23.6 Å². The standard InChI is InChI=1S/C11H14F3N/c1-7(2)11(14,6-15)8-3-9(12)5-10(13)4-8/h3-5,7H,6,15H2,1-2H3. The molecule has 0 radical (unpaired) electrons. The number of nitrogens with two attached hydrogens (primary N) is 1. The van der Waals surface area contributed by atoms with Crippen LogP contribution in [0.5, 0.6) is 0 Å². The van der Waals surface area contributed by atoms with Gasteiger partial charge >= 0.3 is 0 Å². The molecule has 0 aliphatic rings. The van der Waals surface area contributed by atoms with Crippen molar-refractivity contribution in [2.45, 2.75) is 19.5 Å². The zero-order valence-electron chi connectivity index (χ0n) is 8.73. The fraction of sp³-hybridized carbons (Fsp3) is 0.455. The third-order valence-electron chi connectivity index (χ3n) is 2.55. The average molecular weight is 217 g/mol. The smallest absolute Gasteiger partial charge is 0.150 e. The van der Waals surface area contributed by atoms with E-state index < -0.39 is 23.2 Å². The zero-order valence-corrected chi connectivity index (χ0v) is 8.73. The van der Waals surface area contributed by atoms with Gasteiger partial charge in [0.05, 0.1) is 0 Å². The summed E-state index contributed by atoms with van der Waals surface area (Å²) in [6, 6.07) is 2.67. The number of hydrogen-bond acceptors (Lipinski definition) is 1. The molecule has 1 aromatic carbocycles. The summed E-state index contributed by atoms with van der Waals surface area (Å²) in [5, 5.41) is 0. The van der Waals surface area contributed by atoms with Gasteiger partial charge in [0.1, 0.15) is 11.6 Å². The van der Waals surface area contributed by atoms with Crippen molar-refractivity contribution < 1.29 is 13.2 Å². The van der Waals surface area contributed by atoms with E-state index in [4.69, 9.17) is 5.73 Å². The lowest BCUT2D eigenvalue weighted by Gasteiger charge is -2.28. The molecule has 84 valence electrons. The Morgan fingerprint density at radius 1 is 1.20 bits per heavy atom. The second kappa shape index (κ2) is 4.23. The van der Waals surface area contributed by atoms with E-state index in [1.165, 1.54) is 0 Å². The van der Waals surface area contributed by atoms with Crippen LogP contribution in [0.15, 0.2) is 18.2 Å². The SMILES string of the molecule is CC(C)C(F)(CN)c1cc(F)cc(F)c1. The summed E-state index contributed by atoms with van der Waals surface area (Å²) in [6.07, 6.45) is 0. The fourth-order valence-corrected chi connectivity index (χ4v) is 1.48. The number of halogens is 3. The van der Waals surface area contributed by atoms with Crippen molar-refractivity contribution in [3.8, 4) is 0 Å². The molecule has 0 amide bonds. The minimum Gasteiger partial charge on any atom is -0.327 e. The summed E-state index contributed by atoms with van der Waals surface area (Å²) >= 11 is 0. The fourth-order valence-electron chi connectivity index (χ4n) is 1.48. The molecule has 15 heavy (non-hydrogen) atoms. The number of rotatable bonds is 3. The van der Waals surface area contributed by atoms with E-state index in [0.717, 1.165) is 12.1 Å². The predicted molar refractivity (Wildman–Crippen MR) is 53.0 cm³/mol. The first-order valence-corrected chi connectivity index (χ1v) is 4.75. The minimum atomic E-state index is -1.89. The van der Waals surface area contributed by atoms with Crippen LogP contribution in [0.25, 0.3) is 0 Å². The number of alkyl halides is 1. The van der Waals surface area contributed by atoms with Gasteiger partial charge in [0.2, 0.25) is 0 Å². The molecule has 1 atom stereocenters. The molecular formula is C11H14F3N. The molecule has 0 saturated carbocycles. The Labute approximate surface area is 87.1 Å². The minimum absolute atomic E-state index is 0.0440. The third-order valence-corrected chi connectivity index (χ3v) is 2.55. The van der Waals surface area contributed by atoms with Crippen LogP contribution < -0.4 is 5.73 Å². The van der Waals surface area contributed by atoms with Gasteiger partial charge in [-0.25, -0.2) is 13.2 Å². The molecule has 0 aliphatic carbocycles. The van der Waals surface area contributed by atoms with Crippen LogP contribution in [0.1, 0.15) is 19.4 Å². The van der Waals surface area contributed by atoms with E-state index in [9.17, 15) is 13.2 Å². The first kappa shape index (κ1) is 12.0. The summed E-state index contributed by atoms with van der Waals surface area (Å²) < 4.78 is 40.1. The molecule has 1 aromatic rings. The quantitative estimate of drug-likeness (QED) is 0.827. The second-order valence-electron chi connectivity index (χ2n) is 3.88. The highest BCUT2D eigenvalue weighted by molar-refractivity contribution is 5.25. The Morgan fingerprint density at radius 2 is 1.67 bits per heavy atom. The summed E-state index contributed by atoms with van der Waals surface area (Å²) in [6.45, 7) is 2.94. The number of hydrogen-bond donors (Lipinski definition) is 1. The molecular weight excluding hydrogens is 203 g/mol. The van der Waals surface area contributed by atoms with E-state index >= 15 is 0 Å². The van der Waals surface area contributed by atoms with Crippen molar-refractivity contribution in [3.05, 3.63) is 35.4 Å². The van der Waals surface area contributed by atoms with Crippen LogP contribution in [0.2, 0.25) is 0 Å². The Balaban J connectivity index is 3.23. The van der Waals surface area contributed by atoms with E-state index in [-0.39, 0.29) is 12.1 Å². The molecule has 4 heteroatoms. The normalized spacial score (nSPS) is 15.4. The summed E-state index contributed by atoms with van der Waals surface area (Å²) in [5.41, 5.74) is 3.39. The Kier molecular flexibility index (Phi) is 3.39. The predicted octanol–water partition coefficient (Wildman–Crippen LogP) is 2.74. The summed E-state index contributed by atoms with van der Waals surface area (Å²) in [7, 11) is 0. The van der Waals surface area contributed by atoms with Crippen LogP contribution in [-0.2, 0) is 5.67 Å². The van der Waals surface area contributed by atoms with Gasteiger partial charge in [-0.15, -0.1) is 0 Å². The largest absolute Gasteiger partial charge is 0.327 e. The molecule has 0 spiro atoms. The molecule has 0 aromatic heterocycles. The maximum Gasteiger partial charge on any atom is 0.150 e. The van der Waals surface area contributed by atoms with Crippen LogP contribution in [0.3, 0.4) is 0 Å². The summed E-state index contributed by atoms with van der Waals surface area (Å²) in [4.78, 5) is 0. The lowest BCUT2D eigenvalue weighted by molar-refractivity contribution is 0.108. The van der Waals surface area contributed by atoms with E-state index in [1.54, 1.807) is 13.8 Å². The van der Waals surface area contributed by atoms with E-state index in [1.807, 2.05) is 0 Å². The van der Waals surface area contributed by atoms with Gasteiger partial charge in [-0.1, -0.05) is 13.8 Å². The van der Waals surface area contributed by atoms with Crippen LogP contribution in [0.4, 0.5) is 13.2 Å². The first-order valence-electron chi connectivity index (χ1n) is 4.75. The Morgan fingerprint density at radius 3 is 2.00 bits per heavy atom. The Bertz CT molecular complexity index is 331. The Hall–Kier alpha value is -1.03. The highest BCUT2D eigenvalue weighted by atomic mass is 19.1. The monoisotopic (exact) mass is 217 g/mol. The molecule has 1 rings (SSSR count). The molecule has 0 saturated heterocycles. The van der Waals surface area contributed by atoms with E-state index in [2.05, 4.69) is 0 Å². The molecule has 1 nitrogen and oxygen atoms in total. The number of benzene rings is 1. The zero-order chi connectivity index (χ0) is 11.6. The van der Waals surface area contributed by atoms with Crippen molar-refractivity contribution in [2.24, 2.45) is 11.7 Å². The van der Waals surface area contributed by atoms with Gasteiger partial charge in [0.25, 0.3) is 0 Å². The molecule has 0 fully saturated rings. The second-order valence-corrected chi connectivity index (χ2v) is 3.88. The van der Waals surface area contributed by atoms with Crippen molar-refractivity contribution in [1.82, 2.24) is 0 Å². The highest BCUT2D eigenvalue weighted by Gasteiger charge is 2.34. The van der Waals surface area contributed by atoms with Crippen LogP contribution >= 0.6 is 0 Å². The van der Waals surface area contributed by atoms with E-state index in [0.29, 0.717) is 6.07 Å². The van der Waals surface area contributed by atoms with Crippen LogP contribution in [0, 0.1) is 17.6 Å². The molecule has 2 N–H and O–H groups in total.